The average Bonchev–Trinajstić information content (AvgIpc) is 2.58. The SMILES string of the molecule is CC(C)(C)OC(=O)N(C(=O)OC(C)(C)C)[C@@H]1C=C[C@H](O)C1. The molecule has 2 atom stereocenters. The minimum Gasteiger partial charge on any atom is -0.443 e. The van der Waals surface area contributed by atoms with Gasteiger partial charge in [-0.15, -0.1) is 0 Å². The second-order valence-electron chi connectivity index (χ2n) is 7.09. The lowest BCUT2D eigenvalue weighted by atomic mass is 10.2. The third-order valence-corrected chi connectivity index (χ3v) is 2.55. The molecular weight excluding hydrogens is 274 g/mol. The summed E-state index contributed by atoms with van der Waals surface area (Å²) in [5.74, 6) is 0. The summed E-state index contributed by atoms with van der Waals surface area (Å²) in [4.78, 5) is 25.5. The summed E-state index contributed by atoms with van der Waals surface area (Å²) in [6.07, 6.45) is 1.17. The Bertz CT molecular complexity index is 402. The Morgan fingerprint density at radius 3 is 1.71 bits per heavy atom. The fourth-order valence-electron chi connectivity index (χ4n) is 1.82. The van der Waals surface area contributed by atoms with E-state index in [1.807, 2.05) is 0 Å². The van der Waals surface area contributed by atoms with Gasteiger partial charge in [-0.25, -0.2) is 14.5 Å². The lowest BCUT2D eigenvalue weighted by Gasteiger charge is -2.31. The van der Waals surface area contributed by atoms with Crippen LogP contribution in [0.4, 0.5) is 9.59 Å². The predicted molar refractivity (Wildman–Crippen MR) is 77.9 cm³/mol. The third-order valence-electron chi connectivity index (χ3n) is 2.55. The Balaban J connectivity index is 2.92. The highest BCUT2D eigenvalue weighted by Crippen LogP contribution is 2.22. The van der Waals surface area contributed by atoms with Gasteiger partial charge in [0.1, 0.15) is 11.2 Å². The van der Waals surface area contributed by atoms with Crippen molar-refractivity contribution in [3.63, 3.8) is 0 Å². The van der Waals surface area contributed by atoms with Gasteiger partial charge in [-0.3, -0.25) is 0 Å². The summed E-state index contributed by atoms with van der Waals surface area (Å²) in [5.41, 5.74) is -1.45. The molecule has 6 heteroatoms. The van der Waals surface area contributed by atoms with Gasteiger partial charge in [0.15, 0.2) is 0 Å². The Morgan fingerprint density at radius 2 is 1.43 bits per heavy atom. The van der Waals surface area contributed by atoms with Crippen LogP contribution in [0.1, 0.15) is 48.0 Å². The molecule has 0 aromatic carbocycles. The number of ether oxygens (including phenoxy) is 2. The van der Waals surface area contributed by atoms with Gasteiger partial charge in [-0.2, -0.15) is 0 Å². The quantitative estimate of drug-likeness (QED) is 0.753. The van der Waals surface area contributed by atoms with E-state index in [1.165, 1.54) is 0 Å². The molecule has 0 aromatic rings. The van der Waals surface area contributed by atoms with Crippen molar-refractivity contribution in [1.29, 1.82) is 0 Å². The zero-order chi connectivity index (χ0) is 16.4. The molecule has 0 unspecified atom stereocenters. The summed E-state index contributed by atoms with van der Waals surface area (Å²) in [5, 5.41) is 9.56. The zero-order valence-electron chi connectivity index (χ0n) is 13.5. The van der Waals surface area contributed by atoms with Crippen LogP contribution in [-0.4, -0.2) is 45.5 Å². The second kappa shape index (κ2) is 6.05. The molecule has 0 heterocycles. The van der Waals surface area contributed by atoms with Crippen molar-refractivity contribution in [2.45, 2.75) is 71.3 Å². The maximum absolute atomic E-state index is 12.3. The number of amides is 2. The summed E-state index contributed by atoms with van der Waals surface area (Å²) in [6, 6.07) is -0.565. The van der Waals surface area contributed by atoms with E-state index >= 15 is 0 Å². The van der Waals surface area contributed by atoms with Crippen LogP contribution >= 0.6 is 0 Å². The fourth-order valence-corrected chi connectivity index (χ4v) is 1.82. The first-order chi connectivity index (χ1) is 9.39. The summed E-state index contributed by atoms with van der Waals surface area (Å²) in [7, 11) is 0. The van der Waals surface area contributed by atoms with Gasteiger partial charge in [0.2, 0.25) is 0 Å². The second-order valence-corrected chi connectivity index (χ2v) is 7.09. The number of hydrogen-bond donors (Lipinski definition) is 1. The molecule has 0 saturated carbocycles. The van der Waals surface area contributed by atoms with Gasteiger partial charge < -0.3 is 14.6 Å². The molecule has 120 valence electrons. The van der Waals surface area contributed by atoms with Crippen LogP contribution < -0.4 is 0 Å². The van der Waals surface area contributed by atoms with Crippen LogP contribution in [-0.2, 0) is 9.47 Å². The Morgan fingerprint density at radius 1 is 1.00 bits per heavy atom. The van der Waals surface area contributed by atoms with Crippen LogP contribution in [0.5, 0.6) is 0 Å². The fraction of sp³-hybridized carbons (Fsp3) is 0.733. The first-order valence-electron chi connectivity index (χ1n) is 7.00. The normalized spacial score (nSPS) is 22.0. The molecule has 0 fully saturated rings. The predicted octanol–water partition coefficient (Wildman–Crippen LogP) is 2.85. The number of hydrogen-bond acceptors (Lipinski definition) is 5. The lowest BCUT2D eigenvalue weighted by molar-refractivity contribution is -0.00499. The van der Waals surface area contributed by atoms with Crippen molar-refractivity contribution >= 4 is 12.2 Å². The molecule has 0 aromatic heterocycles. The zero-order valence-corrected chi connectivity index (χ0v) is 13.5. The van der Waals surface area contributed by atoms with E-state index in [1.54, 1.807) is 53.7 Å². The van der Waals surface area contributed by atoms with E-state index < -0.39 is 35.5 Å². The lowest BCUT2D eigenvalue weighted by Crippen LogP contribution is -2.48. The highest BCUT2D eigenvalue weighted by Gasteiger charge is 2.37. The number of rotatable bonds is 1. The number of carbonyl (C=O) groups is 2. The minimum atomic E-state index is -0.777. The Hall–Kier alpha value is -1.56. The molecule has 0 spiro atoms. The van der Waals surface area contributed by atoms with E-state index in [2.05, 4.69) is 0 Å². The topological polar surface area (TPSA) is 76.1 Å². The summed E-state index contributed by atoms with van der Waals surface area (Å²) >= 11 is 0. The maximum Gasteiger partial charge on any atom is 0.420 e. The number of aliphatic hydroxyl groups excluding tert-OH is 1. The van der Waals surface area contributed by atoms with Crippen LogP contribution in [0.2, 0.25) is 0 Å². The van der Waals surface area contributed by atoms with Gasteiger partial charge in [0, 0.05) is 6.42 Å². The van der Waals surface area contributed by atoms with Crippen LogP contribution in [0.3, 0.4) is 0 Å². The number of nitrogens with zero attached hydrogens (tertiary/aromatic N) is 1. The molecule has 1 aliphatic carbocycles. The van der Waals surface area contributed by atoms with Crippen LogP contribution in [0.25, 0.3) is 0 Å². The molecule has 1 aliphatic rings. The average molecular weight is 299 g/mol. The van der Waals surface area contributed by atoms with Crippen molar-refractivity contribution in [2.24, 2.45) is 0 Å². The van der Waals surface area contributed by atoms with E-state index in [4.69, 9.17) is 9.47 Å². The third kappa shape index (κ3) is 5.75. The Kier molecular flexibility index (Phi) is 5.04. The van der Waals surface area contributed by atoms with Crippen molar-refractivity contribution in [2.75, 3.05) is 0 Å². The van der Waals surface area contributed by atoms with Crippen molar-refractivity contribution in [3.8, 4) is 0 Å². The standard InChI is InChI=1S/C15H25NO5/c1-14(2,3)20-12(18)16(10-7-8-11(17)9-10)13(19)21-15(4,5)6/h7-8,10-11,17H,9H2,1-6H3/t10-,11+/m1/s1. The summed E-state index contributed by atoms with van der Waals surface area (Å²) in [6.45, 7) is 10.3. The molecule has 2 amide bonds. The number of imide groups is 1. The van der Waals surface area contributed by atoms with E-state index in [0.29, 0.717) is 0 Å². The molecular formula is C15H25NO5. The molecule has 0 aliphatic heterocycles. The molecule has 1 rings (SSSR count). The maximum atomic E-state index is 12.3. The monoisotopic (exact) mass is 299 g/mol. The molecule has 0 bridgehead atoms. The van der Waals surface area contributed by atoms with Gasteiger partial charge in [0.25, 0.3) is 0 Å². The van der Waals surface area contributed by atoms with Crippen molar-refractivity contribution in [3.05, 3.63) is 12.2 Å². The summed E-state index contributed by atoms with van der Waals surface area (Å²) < 4.78 is 10.5. The highest BCUT2D eigenvalue weighted by atomic mass is 16.6. The van der Waals surface area contributed by atoms with Crippen LogP contribution in [0, 0.1) is 0 Å². The molecule has 21 heavy (non-hydrogen) atoms. The molecule has 6 nitrogen and oxygen atoms in total. The van der Waals surface area contributed by atoms with E-state index in [-0.39, 0.29) is 6.42 Å². The largest absolute Gasteiger partial charge is 0.443 e. The van der Waals surface area contributed by atoms with Gasteiger partial charge in [-0.1, -0.05) is 12.2 Å². The minimum absolute atomic E-state index is 0.248. The number of carbonyl (C=O) groups excluding carboxylic acids is 2. The Labute approximate surface area is 125 Å². The molecule has 1 N–H and O–H groups in total. The smallest absolute Gasteiger partial charge is 0.420 e. The van der Waals surface area contributed by atoms with Crippen molar-refractivity contribution < 1.29 is 24.2 Å². The molecule has 0 radical (unpaired) electrons. The van der Waals surface area contributed by atoms with Gasteiger partial charge >= 0.3 is 12.2 Å². The van der Waals surface area contributed by atoms with Crippen molar-refractivity contribution in [1.82, 2.24) is 4.90 Å². The first kappa shape index (κ1) is 17.5. The van der Waals surface area contributed by atoms with Gasteiger partial charge in [-0.05, 0) is 41.5 Å². The first-order valence-corrected chi connectivity index (χ1v) is 7.00. The highest BCUT2D eigenvalue weighted by molar-refractivity contribution is 5.89. The van der Waals surface area contributed by atoms with E-state index in [9.17, 15) is 14.7 Å². The molecule has 0 saturated heterocycles. The van der Waals surface area contributed by atoms with E-state index in [0.717, 1.165) is 4.90 Å². The van der Waals surface area contributed by atoms with Gasteiger partial charge in [0.05, 0.1) is 12.1 Å². The van der Waals surface area contributed by atoms with Crippen LogP contribution in [0.15, 0.2) is 12.2 Å². The number of aliphatic hydroxyl groups is 1.